The van der Waals surface area contributed by atoms with E-state index in [0.29, 0.717) is 12.5 Å². The highest BCUT2D eigenvalue weighted by Gasteiger charge is 2.29. The van der Waals surface area contributed by atoms with E-state index in [4.69, 9.17) is 5.11 Å². The quantitative estimate of drug-likeness (QED) is 0.724. The van der Waals surface area contributed by atoms with E-state index < -0.39 is 11.9 Å². The van der Waals surface area contributed by atoms with Crippen LogP contribution in [0.3, 0.4) is 0 Å². The van der Waals surface area contributed by atoms with Crippen LogP contribution < -0.4 is 5.32 Å². The summed E-state index contributed by atoms with van der Waals surface area (Å²) in [6, 6.07) is 0. The Morgan fingerprint density at radius 1 is 1.24 bits per heavy atom. The third-order valence-electron chi connectivity index (χ3n) is 3.50. The minimum atomic E-state index is -1.03. The molecule has 4 heteroatoms. The molecule has 1 rings (SSSR count). The van der Waals surface area contributed by atoms with Crippen molar-refractivity contribution in [2.45, 2.75) is 46.0 Å². The normalized spacial score (nSPS) is 19.0. The van der Waals surface area contributed by atoms with E-state index in [2.05, 4.69) is 5.32 Å². The molecule has 0 aromatic carbocycles. The Morgan fingerprint density at radius 3 is 2.29 bits per heavy atom. The zero-order valence-electron chi connectivity index (χ0n) is 10.7. The van der Waals surface area contributed by atoms with Crippen molar-refractivity contribution in [3.8, 4) is 0 Å². The third kappa shape index (κ3) is 4.36. The zero-order chi connectivity index (χ0) is 12.8. The Labute approximate surface area is 103 Å². The van der Waals surface area contributed by atoms with Gasteiger partial charge in [0.2, 0.25) is 5.91 Å². The van der Waals surface area contributed by atoms with Gasteiger partial charge in [-0.1, -0.05) is 33.1 Å². The smallest absolute Gasteiger partial charge is 0.316 e. The largest absolute Gasteiger partial charge is 0.481 e. The standard InChI is InChI=1S/C13H23NO3/c1-9(2)11(13(16)17)12(15)14-8-10-6-4-3-5-7-10/h9-11H,3-8H2,1-2H3,(H,14,15)(H,16,17). The summed E-state index contributed by atoms with van der Waals surface area (Å²) in [5.41, 5.74) is 0. The lowest BCUT2D eigenvalue weighted by Gasteiger charge is -2.23. The van der Waals surface area contributed by atoms with Crippen LogP contribution in [-0.2, 0) is 9.59 Å². The summed E-state index contributed by atoms with van der Waals surface area (Å²) in [7, 11) is 0. The molecular weight excluding hydrogens is 218 g/mol. The first-order valence-electron chi connectivity index (χ1n) is 6.53. The van der Waals surface area contributed by atoms with Crippen LogP contribution in [0.15, 0.2) is 0 Å². The maximum atomic E-state index is 11.8. The molecule has 0 bridgehead atoms. The number of hydrogen-bond acceptors (Lipinski definition) is 2. The van der Waals surface area contributed by atoms with Gasteiger partial charge in [-0.25, -0.2) is 0 Å². The number of carbonyl (C=O) groups is 2. The Bertz CT molecular complexity index is 270. The first-order valence-corrected chi connectivity index (χ1v) is 6.53. The van der Waals surface area contributed by atoms with Gasteiger partial charge >= 0.3 is 5.97 Å². The predicted octanol–water partition coefficient (Wildman–Crippen LogP) is 2.04. The van der Waals surface area contributed by atoms with E-state index in [-0.39, 0.29) is 11.8 Å². The van der Waals surface area contributed by atoms with E-state index in [1.165, 1.54) is 19.3 Å². The highest BCUT2D eigenvalue weighted by atomic mass is 16.4. The molecule has 0 radical (unpaired) electrons. The number of carbonyl (C=O) groups excluding carboxylic acids is 1. The average molecular weight is 241 g/mol. The van der Waals surface area contributed by atoms with Crippen LogP contribution in [-0.4, -0.2) is 23.5 Å². The minimum Gasteiger partial charge on any atom is -0.481 e. The Hall–Kier alpha value is -1.06. The van der Waals surface area contributed by atoms with Gasteiger partial charge in [-0.2, -0.15) is 0 Å². The SMILES string of the molecule is CC(C)C(C(=O)O)C(=O)NCC1CCCCC1. The number of hydrogen-bond donors (Lipinski definition) is 2. The van der Waals surface area contributed by atoms with Gasteiger partial charge in [0.15, 0.2) is 0 Å². The molecule has 1 amide bonds. The molecule has 1 aliphatic carbocycles. The third-order valence-corrected chi connectivity index (χ3v) is 3.50. The fourth-order valence-electron chi connectivity index (χ4n) is 2.45. The van der Waals surface area contributed by atoms with Crippen molar-refractivity contribution in [3.05, 3.63) is 0 Å². The molecule has 1 aliphatic rings. The predicted molar refractivity (Wildman–Crippen MR) is 65.5 cm³/mol. The highest BCUT2D eigenvalue weighted by molar-refractivity contribution is 5.97. The molecule has 17 heavy (non-hydrogen) atoms. The number of rotatable bonds is 5. The molecule has 2 N–H and O–H groups in total. The summed E-state index contributed by atoms with van der Waals surface area (Å²) in [6.45, 7) is 4.16. The topological polar surface area (TPSA) is 66.4 Å². The van der Waals surface area contributed by atoms with E-state index in [9.17, 15) is 9.59 Å². The van der Waals surface area contributed by atoms with Gasteiger partial charge in [-0.15, -0.1) is 0 Å². The number of nitrogens with one attached hydrogen (secondary N) is 1. The van der Waals surface area contributed by atoms with E-state index in [1.54, 1.807) is 13.8 Å². The van der Waals surface area contributed by atoms with Crippen molar-refractivity contribution >= 4 is 11.9 Å². The summed E-state index contributed by atoms with van der Waals surface area (Å²) >= 11 is 0. The van der Waals surface area contributed by atoms with Gasteiger partial charge in [-0.05, 0) is 24.7 Å². The van der Waals surface area contributed by atoms with E-state index in [0.717, 1.165) is 12.8 Å². The maximum Gasteiger partial charge on any atom is 0.316 e. The molecule has 0 spiro atoms. The number of carboxylic acids is 1. The van der Waals surface area contributed by atoms with Crippen molar-refractivity contribution in [1.82, 2.24) is 5.32 Å². The summed E-state index contributed by atoms with van der Waals surface area (Å²) in [5, 5.41) is 11.8. The highest BCUT2D eigenvalue weighted by Crippen LogP contribution is 2.23. The van der Waals surface area contributed by atoms with Crippen LogP contribution in [0.1, 0.15) is 46.0 Å². The average Bonchev–Trinajstić information content (AvgIpc) is 2.27. The van der Waals surface area contributed by atoms with Crippen LogP contribution in [0.4, 0.5) is 0 Å². The molecule has 1 atom stereocenters. The van der Waals surface area contributed by atoms with Crippen LogP contribution in [0.2, 0.25) is 0 Å². The second-order valence-corrected chi connectivity index (χ2v) is 5.31. The molecule has 1 unspecified atom stereocenters. The van der Waals surface area contributed by atoms with Crippen LogP contribution in [0, 0.1) is 17.8 Å². The van der Waals surface area contributed by atoms with Crippen molar-refractivity contribution in [3.63, 3.8) is 0 Å². The number of aliphatic carboxylic acids is 1. The Balaban J connectivity index is 2.38. The van der Waals surface area contributed by atoms with E-state index in [1.807, 2.05) is 0 Å². The molecule has 4 nitrogen and oxygen atoms in total. The van der Waals surface area contributed by atoms with Gasteiger partial charge in [0.25, 0.3) is 0 Å². The number of amides is 1. The molecule has 0 aromatic rings. The van der Waals surface area contributed by atoms with Crippen molar-refractivity contribution in [2.75, 3.05) is 6.54 Å². The lowest BCUT2D eigenvalue weighted by molar-refractivity contribution is -0.148. The first kappa shape index (κ1) is 14.0. The van der Waals surface area contributed by atoms with E-state index >= 15 is 0 Å². The lowest BCUT2D eigenvalue weighted by Crippen LogP contribution is -2.40. The molecule has 0 heterocycles. The lowest BCUT2D eigenvalue weighted by atomic mass is 9.89. The molecular formula is C13H23NO3. The Morgan fingerprint density at radius 2 is 1.82 bits per heavy atom. The summed E-state index contributed by atoms with van der Waals surface area (Å²) in [6.07, 6.45) is 6.05. The van der Waals surface area contributed by atoms with Gasteiger partial charge in [-0.3, -0.25) is 9.59 Å². The molecule has 1 saturated carbocycles. The van der Waals surface area contributed by atoms with Crippen LogP contribution in [0.25, 0.3) is 0 Å². The van der Waals surface area contributed by atoms with Crippen molar-refractivity contribution in [1.29, 1.82) is 0 Å². The summed E-state index contributed by atoms with van der Waals surface area (Å²) < 4.78 is 0. The molecule has 98 valence electrons. The minimum absolute atomic E-state index is 0.168. The fourth-order valence-corrected chi connectivity index (χ4v) is 2.45. The zero-order valence-corrected chi connectivity index (χ0v) is 10.7. The van der Waals surface area contributed by atoms with Gasteiger partial charge < -0.3 is 10.4 Å². The molecule has 0 aliphatic heterocycles. The van der Waals surface area contributed by atoms with Crippen LogP contribution >= 0.6 is 0 Å². The van der Waals surface area contributed by atoms with Gasteiger partial charge in [0, 0.05) is 6.54 Å². The van der Waals surface area contributed by atoms with Crippen LogP contribution in [0.5, 0.6) is 0 Å². The maximum absolute atomic E-state index is 11.8. The van der Waals surface area contributed by atoms with Crippen molar-refractivity contribution in [2.24, 2.45) is 17.8 Å². The van der Waals surface area contributed by atoms with Crippen molar-refractivity contribution < 1.29 is 14.7 Å². The van der Waals surface area contributed by atoms with Gasteiger partial charge in [0.05, 0.1) is 0 Å². The fraction of sp³-hybridized carbons (Fsp3) is 0.846. The monoisotopic (exact) mass is 241 g/mol. The molecule has 0 saturated heterocycles. The summed E-state index contributed by atoms with van der Waals surface area (Å²) in [4.78, 5) is 22.7. The molecule has 1 fully saturated rings. The molecule has 0 aromatic heterocycles. The van der Waals surface area contributed by atoms with Gasteiger partial charge in [0.1, 0.15) is 5.92 Å². The summed E-state index contributed by atoms with van der Waals surface area (Å²) in [5.74, 6) is -1.91. The number of carboxylic acid groups (broad SMARTS) is 1. The first-order chi connectivity index (χ1) is 8.02. The Kier molecular flexibility index (Phi) is 5.45. The second-order valence-electron chi connectivity index (χ2n) is 5.31. The second kappa shape index (κ2) is 6.62.